The average molecular weight is 703 g/mol. The maximum atomic E-state index is 14.0. The van der Waals surface area contributed by atoms with Gasteiger partial charge in [-0.15, -0.1) is 0 Å². The third kappa shape index (κ3) is 4.78. The van der Waals surface area contributed by atoms with Gasteiger partial charge in [-0.2, -0.15) is 0 Å². The molecule has 51 heavy (non-hydrogen) atoms. The smallest absolute Gasteiger partial charge is 0.401 e. The summed E-state index contributed by atoms with van der Waals surface area (Å²) in [4.78, 5) is 52.7. The predicted molar refractivity (Wildman–Crippen MR) is 192 cm³/mol. The van der Waals surface area contributed by atoms with Gasteiger partial charge in [-0.3, -0.25) is 19.2 Å². The van der Waals surface area contributed by atoms with Crippen molar-refractivity contribution in [2.24, 2.45) is 57.2 Å². The van der Waals surface area contributed by atoms with Crippen molar-refractivity contribution in [3.8, 4) is 0 Å². The highest BCUT2D eigenvalue weighted by molar-refractivity contribution is 6.20. The molecule has 6 fully saturated rings. The van der Waals surface area contributed by atoms with E-state index in [0.29, 0.717) is 49.4 Å². The summed E-state index contributed by atoms with van der Waals surface area (Å²) >= 11 is 0. The van der Waals surface area contributed by atoms with Crippen LogP contribution in [0, 0.1) is 57.2 Å². The van der Waals surface area contributed by atoms with Crippen molar-refractivity contribution in [2.75, 3.05) is 13.2 Å². The van der Waals surface area contributed by atoms with Gasteiger partial charge in [-0.05, 0) is 148 Å². The Morgan fingerprint density at radius 2 is 1.00 bits per heavy atom. The first-order valence-electron chi connectivity index (χ1n) is 20.3. The number of aliphatic hydroxyl groups is 2. The Labute approximate surface area is 304 Å². The van der Waals surface area contributed by atoms with Crippen LogP contribution in [0.25, 0.3) is 0 Å². The minimum atomic E-state index is -1.21. The molecule has 9 heteroatoms. The minimum Gasteiger partial charge on any atom is -0.401 e. The van der Waals surface area contributed by atoms with Crippen LogP contribution in [0.15, 0.2) is 23.3 Å². The predicted octanol–water partition coefficient (Wildman–Crippen LogP) is 5.95. The van der Waals surface area contributed by atoms with E-state index in [0.717, 1.165) is 77.0 Å². The van der Waals surface area contributed by atoms with Crippen LogP contribution in [-0.4, -0.2) is 65.4 Å². The van der Waals surface area contributed by atoms with E-state index >= 15 is 0 Å². The van der Waals surface area contributed by atoms with Gasteiger partial charge < -0.3 is 19.5 Å². The Morgan fingerprint density at radius 3 is 1.39 bits per heavy atom. The highest BCUT2D eigenvalue weighted by Gasteiger charge is 2.69. The number of hydrogen-bond acceptors (Lipinski definition) is 8. The zero-order valence-electron chi connectivity index (χ0n) is 31.4. The zero-order valence-corrected chi connectivity index (χ0v) is 31.4. The third-order valence-corrected chi connectivity index (χ3v) is 18.0. The number of hydrogen-bond donors (Lipinski definition) is 2. The first kappa shape index (κ1) is 36.1. The lowest BCUT2D eigenvalue weighted by Gasteiger charge is -2.60. The van der Waals surface area contributed by atoms with E-state index in [-0.39, 0.29) is 53.5 Å². The van der Waals surface area contributed by atoms with Gasteiger partial charge in [-0.1, -0.05) is 38.8 Å². The summed E-state index contributed by atoms with van der Waals surface area (Å²) in [6.45, 7) is 7.90. The molecule has 12 atom stereocenters. The second-order valence-electron chi connectivity index (χ2n) is 19.2. The zero-order chi connectivity index (χ0) is 36.2. The van der Waals surface area contributed by atoms with E-state index in [1.807, 2.05) is 12.2 Å². The summed E-state index contributed by atoms with van der Waals surface area (Å²) < 4.78 is 13.6. The minimum absolute atomic E-state index is 0.0148. The summed E-state index contributed by atoms with van der Waals surface area (Å²) in [6, 6.07) is 0. The maximum absolute atomic E-state index is 14.0. The molecule has 8 aliphatic rings. The van der Waals surface area contributed by atoms with Crippen LogP contribution in [0.3, 0.4) is 0 Å². The molecule has 0 aromatic heterocycles. The van der Waals surface area contributed by atoms with E-state index in [2.05, 4.69) is 27.7 Å². The fourth-order valence-corrected chi connectivity index (χ4v) is 15.2. The molecule has 278 valence electrons. The lowest BCUT2D eigenvalue weighted by Crippen LogP contribution is -2.62. The molecule has 8 aliphatic carbocycles. The SMILES string of the molecule is CC12CCC(=O)C=C1CCC1C2CCC2(C)C1CCC2(OBOC1(C(=O)CO)CCC2C3CCC4=CC(=O)CCC4(C)C3CCC21C)C(=O)CO. The normalized spacial score (nSPS) is 48.6. The van der Waals surface area contributed by atoms with Crippen LogP contribution in [0.2, 0.25) is 0 Å². The molecule has 2 N–H and O–H groups in total. The largest absolute Gasteiger partial charge is 0.439 e. The Bertz CT molecular complexity index is 1470. The molecular weight excluding hydrogens is 643 g/mol. The molecular formula is C42H59BO8. The van der Waals surface area contributed by atoms with Crippen molar-refractivity contribution in [2.45, 2.75) is 142 Å². The second-order valence-corrected chi connectivity index (χ2v) is 19.2. The summed E-state index contributed by atoms with van der Waals surface area (Å²) in [5.41, 5.74) is -0.745. The van der Waals surface area contributed by atoms with Gasteiger partial charge in [-0.25, -0.2) is 0 Å². The number of carbonyl (C=O) groups excluding carboxylic acids is 4. The van der Waals surface area contributed by atoms with Gasteiger partial charge in [0.05, 0.1) is 0 Å². The van der Waals surface area contributed by atoms with Crippen LogP contribution in [0.5, 0.6) is 0 Å². The van der Waals surface area contributed by atoms with E-state index in [1.165, 1.54) is 11.1 Å². The van der Waals surface area contributed by atoms with Gasteiger partial charge >= 0.3 is 7.69 Å². The molecule has 0 amide bonds. The summed E-state index contributed by atoms with van der Waals surface area (Å²) in [5.74, 6) is 2.14. The van der Waals surface area contributed by atoms with Gasteiger partial charge in [0.1, 0.15) is 24.4 Å². The average Bonchev–Trinajstić information content (AvgIpc) is 3.59. The molecule has 0 bridgehead atoms. The number of ketones is 4. The summed E-state index contributed by atoms with van der Waals surface area (Å²) in [6.07, 6.45) is 16.9. The Balaban J connectivity index is 1.04. The van der Waals surface area contributed by atoms with Crippen LogP contribution in [0.4, 0.5) is 0 Å². The maximum Gasteiger partial charge on any atom is 0.439 e. The van der Waals surface area contributed by atoms with Gasteiger partial charge in [0.15, 0.2) is 23.1 Å². The highest BCUT2D eigenvalue weighted by atomic mass is 16.6. The highest BCUT2D eigenvalue weighted by Crippen LogP contribution is 2.70. The molecule has 8 nitrogen and oxygen atoms in total. The van der Waals surface area contributed by atoms with E-state index in [9.17, 15) is 29.4 Å². The van der Waals surface area contributed by atoms with Crippen molar-refractivity contribution < 1.29 is 38.7 Å². The Hall–Kier alpha value is -1.94. The molecule has 0 heterocycles. The Kier molecular flexibility index (Phi) is 8.69. The molecule has 0 aliphatic heterocycles. The number of aliphatic hydroxyl groups excluding tert-OH is 2. The molecule has 0 spiro atoms. The van der Waals surface area contributed by atoms with Crippen molar-refractivity contribution >= 4 is 30.8 Å². The van der Waals surface area contributed by atoms with Crippen molar-refractivity contribution in [1.29, 1.82) is 0 Å². The number of allylic oxidation sites excluding steroid dienone is 2. The fraction of sp³-hybridized carbons (Fsp3) is 0.810. The molecule has 12 unspecified atom stereocenters. The summed E-state index contributed by atoms with van der Waals surface area (Å²) in [7, 11) is -0.232. The first-order chi connectivity index (χ1) is 24.2. The molecule has 0 saturated heterocycles. The van der Waals surface area contributed by atoms with Gasteiger partial charge in [0.2, 0.25) is 0 Å². The number of Topliss-reactive ketones (excluding diaryl/α,β-unsaturated/α-hetero) is 2. The number of fused-ring (bicyclic) bond motifs is 10. The van der Waals surface area contributed by atoms with Crippen molar-refractivity contribution in [3.63, 3.8) is 0 Å². The number of carbonyl (C=O) groups is 4. The topological polar surface area (TPSA) is 127 Å². The van der Waals surface area contributed by atoms with E-state index in [1.54, 1.807) is 0 Å². The first-order valence-corrected chi connectivity index (χ1v) is 20.3. The van der Waals surface area contributed by atoms with Crippen LogP contribution >= 0.6 is 0 Å². The molecule has 8 rings (SSSR count). The van der Waals surface area contributed by atoms with Gasteiger partial charge in [0.25, 0.3) is 0 Å². The van der Waals surface area contributed by atoms with E-state index in [4.69, 9.17) is 9.31 Å². The molecule has 0 radical (unpaired) electrons. The molecule has 6 saturated carbocycles. The van der Waals surface area contributed by atoms with Crippen LogP contribution in [0.1, 0.15) is 130 Å². The Morgan fingerprint density at radius 1 is 0.608 bits per heavy atom. The van der Waals surface area contributed by atoms with Crippen molar-refractivity contribution in [3.05, 3.63) is 23.3 Å². The lowest BCUT2D eigenvalue weighted by molar-refractivity contribution is -0.171. The summed E-state index contributed by atoms with van der Waals surface area (Å²) in [5, 5.41) is 20.8. The third-order valence-electron chi connectivity index (χ3n) is 18.0. The quantitative estimate of drug-likeness (QED) is 0.297. The van der Waals surface area contributed by atoms with Crippen LogP contribution < -0.4 is 0 Å². The lowest BCUT2D eigenvalue weighted by atomic mass is 9.46. The van der Waals surface area contributed by atoms with Gasteiger partial charge in [0, 0.05) is 23.7 Å². The number of rotatable bonds is 8. The second kappa shape index (κ2) is 12.3. The van der Waals surface area contributed by atoms with Crippen LogP contribution in [-0.2, 0) is 28.5 Å². The standard InChI is InChI=1S/C42H59BO8/c1-37-15-9-27(46)21-25(37)5-7-29-31(37)11-17-39(3)33(29)13-19-41(39,35(48)23-44)50-43-51-42(36(49)24-45)20-14-34-30-8-6-26-22-28(47)10-16-38(26,2)32(30)12-18-40(34,42)4/h21-22,29-34,43-45H,5-20,23-24H2,1-4H3. The monoisotopic (exact) mass is 702 g/mol. The molecule has 0 aromatic rings. The fourth-order valence-electron chi connectivity index (χ4n) is 15.2. The van der Waals surface area contributed by atoms with Crippen molar-refractivity contribution in [1.82, 2.24) is 0 Å². The van der Waals surface area contributed by atoms with E-state index < -0.39 is 35.2 Å². The molecule has 0 aromatic carbocycles.